The van der Waals surface area contributed by atoms with Gasteiger partial charge in [-0.2, -0.15) is 4.31 Å². The lowest BCUT2D eigenvalue weighted by atomic mass is 10.2. The van der Waals surface area contributed by atoms with Crippen LogP contribution in [0.2, 0.25) is 0 Å². The van der Waals surface area contributed by atoms with Crippen molar-refractivity contribution in [2.75, 3.05) is 12.3 Å². The standard InChI is InChI=1S/C11H23NO4S/c1-4-6-9-17(15,16)12(10(3)5-2)8-7-11(13)14/h10H,4-9H2,1-3H3,(H,13,14). The van der Waals surface area contributed by atoms with Crippen LogP contribution in [0.5, 0.6) is 0 Å². The molecule has 0 amide bonds. The first-order valence-corrected chi connectivity index (χ1v) is 7.67. The lowest BCUT2D eigenvalue weighted by molar-refractivity contribution is -0.137. The van der Waals surface area contributed by atoms with Gasteiger partial charge in [0.15, 0.2) is 0 Å². The summed E-state index contributed by atoms with van der Waals surface area (Å²) in [6.45, 7) is 5.70. The van der Waals surface area contributed by atoms with Gasteiger partial charge in [-0.15, -0.1) is 0 Å². The molecule has 1 unspecified atom stereocenters. The van der Waals surface area contributed by atoms with Crippen molar-refractivity contribution in [1.29, 1.82) is 0 Å². The highest BCUT2D eigenvalue weighted by molar-refractivity contribution is 7.89. The Hall–Kier alpha value is -0.620. The van der Waals surface area contributed by atoms with E-state index in [1.165, 1.54) is 4.31 Å². The number of carboxylic acids is 1. The summed E-state index contributed by atoms with van der Waals surface area (Å²) in [5.74, 6) is -0.864. The fourth-order valence-corrected chi connectivity index (χ4v) is 3.44. The summed E-state index contributed by atoms with van der Waals surface area (Å²) in [6, 6.07) is -0.142. The molecule has 102 valence electrons. The van der Waals surface area contributed by atoms with E-state index in [9.17, 15) is 13.2 Å². The van der Waals surface area contributed by atoms with Gasteiger partial charge in [-0.3, -0.25) is 4.79 Å². The molecule has 0 aromatic heterocycles. The molecule has 6 heteroatoms. The van der Waals surface area contributed by atoms with Crippen LogP contribution in [0.3, 0.4) is 0 Å². The minimum atomic E-state index is -3.32. The molecule has 0 aliphatic rings. The number of hydrogen-bond acceptors (Lipinski definition) is 3. The Morgan fingerprint density at radius 1 is 1.35 bits per heavy atom. The first-order chi connectivity index (χ1) is 7.85. The zero-order chi connectivity index (χ0) is 13.5. The van der Waals surface area contributed by atoms with E-state index in [2.05, 4.69) is 0 Å². The van der Waals surface area contributed by atoms with Gasteiger partial charge in [0.05, 0.1) is 12.2 Å². The Labute approximate surface area is 104 Å². The van der Waals surface area contributed by atoms with Crippen molar-refractivity contribution < 1.29 is 18.3 Å². The highest BCUT2D eigenvalue weighted by atomic mass is 32.2. The fourth-order valence-electron chi connectivity index (χ4n) is 1.49. The molecular formula is C11H23NO4S. The largest absolute Gasteiger partial charge is 0.481 e. The van der Waals surface area contributed by atoms with Crippen molar-refractivity contribution in [3.63, 3.8) is 0 Å². The minimum absolute atomic E-state index is 0.0659. The molecule has 0 bridgehead atoms. The molecule has 0 rings (SSSR count). The number of sulfonamides is 1. The third-order valence-corrected chi connectivity index (χ3v) is 4.80. The van der Waals surface area contributed by atoms with Gasteiger partial charge in [0.25, 0.3) is 0 Å². The summed E-state index contributed by atoms with van der Waals surface area (Å²) in [5, 5.41) is 8.64. The van der Waals surface area contributed by atoms with Gasteiger partial charge in [0, 0.05) is 12.6 Å². The van der Waals surface area contributed by atoms with E-state index in [1.807, 2.05) is 20.8 Å². The number of hydrogen-bond donors (Lipinski definition) is 1. The van der Waals surface area contributed by atoms with Crippen LogP contribution in [0, 0.1) is 0 Å². The number of nitrogens with zero attached hydrogens (tertiary/aromatic N) is 1. The van der Waals surface area contributed by atoms with Crippen LogP contribution < -0.4 is 0 Å². The summed E-state index contributed by atoms with van der Waals surface area (Å²) in [6.07, 6.45) is 1.97. The third-order valence-electron chi connectivity index (χ3n) is 2.74. The van der Waals surface area contributed by atoms with E-state index >= 15 is 0 Å². The maximum Gasteiger partial charge on any atom is 0.304 e. The molecular weight excluding hydrogens is 242 g/mol. The molecule has 17 heavy (non-hydrogen) atoms. The number of carboxylic acid groups (broad SMARTS) is 1. The van der Waals surface area contributed by atoms with E-state index in [0.717, 1.165) is 6.42 Å². The summed E-state index contributed by atoms with van der Waals surface area (Å²) in [7, 11) is -3.32. The maximum absolute atomic E-state index is 12.0. The second kappa shape index (κ2) is 7.66. The predicted octanol–water partition coefficient (Wildman–Crippen LogP) is 1.69. The molecule has 0 saturated heterocycles. The molecule has 0 spiro atoms. The summed E-state index contributed by atoms with van der Waals surface area (Å²) in [4.78, 5) is 10.5. The van der Waals surface area contributed by atoms with Crippen LogP contribution in [0.15, 0.2) is 0 Å². The first kappa shape index (κ1) is 16.4. The molecule has 0 aliphatic carbocycles. The molecule has 5 nitrogen and oxygen atoms in total. The van der Waals surface area contributed by atoms with Crippen LogP contribution in [0.4, 0.5) is 0 Å². The molecule has 0 aromatic rings. The zero-order valence-corrected chi connectivity index (χ0v) is 11.7. The van der Waals surface area contributed by atoms with Gasteiger partial charge in [-0.1, -0.05) is 20.3 Å². The number of aliphatic carboxylic acids is 1. The van der Waals surface area contributed by atoms with Crippen molar-refractivity contribution in [1.82, 2.24) is 4.31 Å². The molecule has 0 radical (unpaired) electrons. The molecule has 0 saturated carbocycles. The average Bonchev–Trinajstić information content (AvgIpc) is 2.25. The minimum Gasteiger partial charge on any atom is -0.481 e. The van der Waals surface area contributed by atoms with Gasteiger partial charge < -0.3 is 5.11 Å². The third kappa shape index (κ3) is 6.02. The second-order valence-electron chi connectivity index (χ2n) is 4.18. The van der Waals surface area contributed by atoms with Crippen LogP contribution in [-0.4, -0.2) is 42.1 Å². The van der Waals surface area contributed by atoms with Crippen LogP contribution in [-0.2, 0) is 14.8 Å². The summed E-state index contributed by atoms with van der Waals surface area (Å²) in [5.41, 5.74) is 0. The lowest BCUT2D eigenvalue weighted by Crippen LogP contribution is -2.41. The molecule has 0 heterocycles. The Balaban J connectivity index is 4.71. The first-order valence-electron chi connectivity index (χ1n) is 6.06. The van der Waals surface area contributed by atoms with Crippen molar-refractivity contribution in [3.05, 3.63) is 0 Å². The number of carbonyl (C=O) groups is 1. The molecule has 0 aliphatic heterocycles. The van der Waals surface area contributed by atoms with Crippen molar-refractivity contribution in [2.45, 2.75) is 52.5 Å². The smallest absolute Gasteiger partial charge is 0.304 e. The molecule has 1 atom stereocenters. The van der Waals surface area contributed by atoms with Crippen LogP contribution >= 0.6 is 0 Å². The summed E-state index contributed by atoms with van der Waals surface area (Å²) >= 11 is 0. The highest BCUT2D eigenvalue weighted by Gasteiger charge is 2.26. The number of rotatable bonds is 9. The second-order valence-corrected chi connectivity index (χ2v) is 6.22. The monoisotopic (exact) mass is 265 g/mol. The fraction of sp³-hybridized carbons (Fsp3) is 0.909. The van der Waals surface area contributed by atoms with E-state index < -0.39 is 16.0 Å². The van der Waals surface area contributed by atoms with Gasteiger partial charge in [0.2, 0.25) is 10.0 Å². The summed E-state index contributed by atoms with van der Waals surface area (Å²) < 4.78 is 25.4. The van der Waals surface area contributed by atoms with Crippen molar-refractivity contribution >= 4 is 16.0 Å². The Morgan fingerprint density at radius 3 is 2.35 bits per heavy atom. The van der Waals surface area contributed by atoms with Gasteiger partial charge in [-0.25, -0.2) is 8.42 Å². The lowest BCUT2D eigenvalue weighted by Gasteiger charge is -2.27. The highest BCUT2D eigenvalue weighted by Crippen LogP contribution is 2.13. The quantitative estimate of drug-likeness (QED) is 0.688. The topological polar surface area (TPSA) is 74.7 Å². The van der Waals surface area contributed by atoms with E-state index in [0.29, 0.717) is 12.8 Å². The van der Waals surface area contributed by atoms with Crippen LogP contribution in [0.1, 0.15) is 46.5 Å². The van der Waals surface area contributed by atoms with Gasteiger partial charge >= 0.3 is 5.97 Å². The Morgan fingerprint density at radius 2 is 1.94 bits per heavy atom. The molecule has 0 aromatic carbocycles. The predicted molar refractivity (Wildman–Crippen MR) is 67.4 cm³/mol. The zero-order valence-electron chi connectivity index (χ0n) is 10.8. The molecule has 0 fully saturated rings. The van der Waals surface area contributed by atoms with E-state index in [-0.39, 0.29) is 24.8 Å². The van der Waals surface area contributed by atoms with Crippen LogP contribution in [0.25, 0.3) is 0 Å². The SMILES string of the molecule is CCCCS(=O)(=O)N(CCC(=O)O)C(C)CC. The van der Waals surface area contributed by atoms with E-state index in [4.69, 9.17) is 5.11 Å². The normalized spacial score (nSPS) is 13.9. The number of unbranched alkanes of at least 4 members (excludes halogenated alkanes) is 1. The van der Waals surface area contributed by atoms with Gasteiger partial charge in [-0.05, 0) is 19.8 Å². The van der Waals surface area contributed by atoms with Crippen molar-refractivity contribution in [2.24, 2.45) is 0 Å². The van der Waals surface area contributed by atoms with Gasteiger partial charge in [0.1, 0.15) is 0 Å². The van der Waals surface area contributed by atoms with E-state index in [1.54, 1.807) is 0 Å². The van der Waals surface area contributed by atoms with Crippen molar-refractivity contribution in [3.8, 4) is 0 Å². The average molecular weight is 265 g/mol. The Kier molecular flexibility index (Phi) is 7.38. The molecule has 1 N–H and O–H groups in total. The Bertz CT molecular complexity index is 326. The maximum atomic E-state index is 12.0.